The van der Waals surface area contributed by atoms with Gasteiger partial charge in [-0.25, -0.2) is 0 Å². The van der Waals surface area contributed by atoms with E-state index in [2.05, 4.69) is 4.90 Å². The fraction of sp³-hybridized carbons (Fsp3) is 0.600. The number of benzene rings is 1. The molecule has 112 valence electrons. The number of halogens is 3. The summed E-state index contributed by atoms with van der Waals surface area (Å²) < 4.78 is 37.5. The van der Waals surface area contributed by atoms with E-state index in [-0.39, 0.29) is 6.61 Å². The Balaban J connectivity index is 1.90. The summed E-state index contributed by atoms with van der Waals surface area (Å²) in [5.41, 5.74) is 0.418. The molecule has 1 aliphatic heterocycles. The van der Waals surface area contributed by atoms with Gasteiger partial charge in [0.15, 0.2) is 0 Å². The average Bonchev–Trinajstić information content (AvgIpc) is 2.45. The Morgan fingerprint density at radius 3 is 2.20 bits per heavy atom. The smallest absolute Gasteiger partial charge is 0.396 e. The van der Waals surface area contributed by atoms with Crippen LogP contribution in [-0.2, 0) is 6.18 Å². The Labute approximate surface area is 117 Å². The van der Waals surface area contributed by atoms with Gasteiger partial charge in [0, 0.05) is 13.2 Å². The zero-order chi connectivity index (χ0) is 14.6. The molecule has 2 rings (SSSR count). The van der Waals surface area contributed by atoms with Gasteiger partial charge in [-0.15, -0.1) is 0 Å². The SMILES string of the molecule is OCCCN1CCC(c2ccc(C(F)(F)F)cc2)CC1. The fourth-order valence-electron chi connectivity index (χ4n) is 2.73. The van der Waals surface area contributed by atoms with Gasteiger partial charge >= 0.3 is 6.18 Å². The summed E-state index contributed by atoms with van der Waals surface area (Å²) in [5, 5.41) is 8.80. The van der Waals surface area contributed by atoms with E-state index in [0.29, 0.717) is 5.92 Å². The molecule has 1 aliphatic rings. The van der Waals surface area contributed by atoms with Crippen LogP contribution >= 0.6 is 0 Å². The van der Waals surface area contributed by atoms with Gasteiger partial charge in [0.25, 0.3) is 0 Å². The minimum Gasteiger partial charge on any atom is -0.396 e. The fourth-order valence-corrected chi connectivity index (χ4v) is 2.73. The van der Waals surface area contributed by atoms with Gasteiger partial charge in [0.05, 0.1) is 5.56 Å². The Morgan fingerprint density at radius 2 is 1.70 bits per heavy atom. The van der Waals surface area contributed by atoms with Crippen molar-refractivity contribution < 1.29 is 18.3 Å². The van der Waals surface area contributed by atoms with Gasteiger partial charge in [-0.3, -0.25) is 0 Å². The molecule has 1 heterocycles. The standard InChI is InChI=1S/C15H20F3NO/c16-15(17,18)14-4-2-12(3-5-14)13-6-9-19(10-7-13)8-1-11-20/h2-5,13,20H,1,6-11H2. The Hall–Kier alpha value is -1.07. The van der Waals surface area contributed by atoms with Crippen LogP contribution in [0.1, 0.15) is 36.3 Å². The second kappa shape index (κ2) is 6.59. The first-order valence-corrected chi connectivity index (χ1v) is 7.01. The molecule has 2 nitrogen and oxygen atoms in total. The molecule has 0 aliphatic carbocycles. The molecule has 1 fully saturated rings. The number of hydrogen-bond acceptors (Lipinski definition) is 2. The summed E-state index contributed by atoms with van der Waals surface area (Å²) in [5.74, 6) is 0.350. The van der Waals surface area contributed by atoms with Crippen molar-refractivity contribution in [3.63, 3.8) is 0 Å². The molecule has 0 unspecified atom stereocenters. The molecule has 0 aromatic heterocycles. The van der Waals surface area contributed by atoms with Crippen molar-refractivity contribution in [1.82, 2.24) is 4.90 Å². The van der Waals surface area contributed by atoms with Gasteiger partial charge in [-0.1, -0.05) is 12.1 Å². The summed E-state index contributed by atoms with van der Waals surface area (Å²) in [6.45, 7) is 3.01. The van der Waals surface area contributed by atoms with E-state index in [9.17, 15) is 13.2 Å². The lowest BCUT2D eigenvalue weighted by atomic mass is 9.89. The van der Waals surface area contributed by atoms with Crippen LogP contribution in [0.25, 0.3) is 0 Å². The predicted octanol–water partition coefficient (Wildman–Crippen LogP) is 3.27. The molecule has 0 saturated carbocycles. The quantitative estimate of drug-likeness (QED) is 0.918. The zero-order valence-electron chi connectivity index (χ0n) is 11.4. The van der Waals surface area contributed by atoms with Crippen molar-refractivity contribution in [2.45, 2.75) is 31.4 Å². The molecule has 0 atom stereocenters. The van der Waals surface area contributed by atoms with Crippen molar-refractivity contribution in [2.75, 3.05) is 26.2 Å². The number of aliphatic hydroxyl groups is 1. The third-order valence-electron chi connectivity index (χ3n) is 3.93. The average molecular weight is 287 g/mol. The Kier molecular flexibility index (Phi) is 5.05. The molecular formula is C15H20F3NO. The molecular weight excluding hydrogens is 267 g/mol. The molecule has 0 bridgehead atoms. The lowest BCUT2D eigenvalue weighted by Crippen LogP contribution is -2.34. The number of hydrogen-bond donors (Lipinski definition) is 1. The number of aliphatic hydroxyl groups excluding tert-OH is 1. The lowest BCUT2D eigenvalue weighted by molar-refractivity contribution is -0.137. The number of nitrogens with zero attached hydrogens (tertiary/aromatic N) is 1. The summed E-state index contributed by atoms with van der Waals surface area (Å²) >= 11 is 0. The number of alkyl halides is 3. The van der Waals surface area contributed by atoms with E-state index in [0.717, 1.165) is 44.5 Å². The molecule has 1 N–H and O–H groups in total. The molecule has 5 heteroatoms. The van der Waals surface area contributed by atoms with E-state index >= 15 is 0 Å². The number of rotatable bonds is 4. The molecule has 0 spiro atoms. The van der Waals surface area contributed by atoms with Gasteiger partial charge in [0.2, 0.25) is 0 Å². The van der Waals surface area contributed by atoms with E-state index in [1.165, 1.54) is 12.1 Å². The third kappa shape index (κ3) is 3.96. The number of likely N-dealkylation sites (tertiary alicyclic amines) is 1. The maximum absolute atomic E-state index is 12.5. The molecule has 1 aromatic rings. The molecule has 1 aromatic carbocycles. The van der Waals surface area contributed by atoms with Crippen LogP contribution in [0.2, 0.25) is 0 Å². The highest BCUT2D eigenvalue weighted by atomic mass is 19.4. The van der Waals surface area contributed by atoms with Crippen molar-refractivity contribution >= 4 is 0 Å². The lowest BCUT2D eigenvalue weighted by Gasteiger charge is -2.32. The van der Waals surface area contributed by atoms with E-state index in [4.69, 9.17) is 5.11 Å². The minimum absolute atomic E-state index is 0.207. The Morgan fingerprint density at radius 1 is 1.10 bits per heavy atom. The third-order valence-corrected chi connectivity index (χ3v) is 3.93. The van der Waals surface area contributed by atoms with Crippen LogP contribution in [0.15, 0.2) is 24.3 Å². The summed E-state index contributed by atoms with van der Waals surface area (Å²) in [6.07, 6.45) is -1.54. The van der Waals surface area contributed by atoms with E-state index < -0.39 is 11.7 Å². The van der Waals surface area contributed by atoms with Crippen molar-refractivity contribution in [3.05, 3.63) is 35.4 Å². The van der Waals surface area contributed by atoms with Crippen molar-refractivity contribution in [2.24, 2.45) is 0 Å². The van der Waals surface area contributed by atoms with Crippen LogP contribution < -0.4 is 0 Å². The van der Waals surface area contributed by atoms with Crippen LogP contribution in [0.4, 0.5) is 13.2 Å². The topological polar surface area (TPSA) is 23.5 Å². The van der Waals surface area contributed by atoms with E-state index in [1.54, 1.807) is 12.1 Å². The normalized spacial score (nSPS) is 18.4. The second-order valence-corrected chi connectivity index (χ2v) is 5.31. The highest BCUT2D eigenvalue weighted by Crippen LogP contribution is 2.32. The minimum atomic E-state index is -4.26. The van der Waals surface area contributed by atoms with Gasteiger partial charge in [0.1, 0.15) is 0 Å². The first-order valence-electron chi connectivity index (χ1n) is 7.01. The summed E-state index contributed by atoms with van der Waals surface area (Å²) in [6, 6.07) is 5.56. The first kappa shape index (κ1) is 15.3. The summed E-state index contributed by atoms with van der Waals surface area (Å²) in [4.78, 5) is 2.30. The van der Waals surface area contributed by atoms with Crippen LogP contribution in [0.3, 0.4) is 0 Å². The van der Waals surface area contributed by atoms with Gasteiger partial charge < -0.3 is 10.0 Å². The van der Waals surface area contributed by atoms with Crippen LogP contribution in [0.5, 0.6) is 0 Å². The largest absolute Gasteiger partial charge is 0.416 e. The van der Waals surface area contributed by atoms with Crippen LogP contribution in [-0.4, -0.2) is 36.2 Å². The van der Waals surface area contributed by atoms with Crippen molar-refractivity contribution in [3.8, 4) is 0 Å². The molecule has 0 amide bonds. The van der Waals surface area contributed by atoms with Gasteiger partial charge in [-0.2, -0.15) is 13.2 Å². The Bertz CT molecular complexity index is 408. The van der Waals surface area contributed by atoms with Crippen LogP contribution in [0, 0.1) is 0 Å². The zero-order valence-corrected chi connectivity index (χ0v) is 11.4. The highest BCUT2D eigenvalue weighted by Gasteiger charge is 2.30. The number of piperidine rings is 1. The summed E-state index contributed by atoms with van der Waals surface area (Å²) in [7, 11) is 0. The van der Waals surface area contributed by atoms with Crippen molar-refractivity contribution in [1.29, 1.82) is 0 Å². The molecule has 0 radical (unpaired) electrons. The first-order chi connectivity index (χ1) is 9.50. The van der Waals surface area contributed by atoms with Gasteiger partial charge in [-0.05, 0) is 56.0 Å². The van der Waals surface area contributed by atoms with E-state index in [1.807, 2.05) is 0 Å². The molecule has 1 saturated heterocycles. The highest BCUT2D eigenvalue weighted by molar-refractivity contribution is 5.27. The second-order valence-electron chi connectivity index (χ2n) is 5.31. The maximum Gasteiger partial charge on any atom is 0.416 e. The predicted molar refractivity (Wildman–Crippen MR) is 71.6 cm³/mol. The maximum atomic E-state index is 12.5. The molecule has 20 heavy (non-hydrogen) atoms. The monoisotopic (exact) mass is 287 g/mol.